The van der Waals surface area contributed by atoms with Gasteiger partial charge in [0.15, 0.2) is 0 Å². The van der Waals surface area contributed by atoms with Crippen LogP contribution < -0.4 is 4.74 Å². The summed E-state index contributed by atoms with van der Waals surface area (Å²) in [5, 5.41) is 9.26. The maximum absolute atomic E-state index is 13.2. The van der Waals surface area contributed by atoms with Gasteiger partial charge in [-0.1, -0.05) is 0 Å². The fourth-order valence-electron chi connectivity index (χ4n) is 1.80. The number of aryl methyl sites for hydroxylation is 1. The summed E-state index contributed by atoms with van der Waals surface area (Å²) in [5.74, 6) is -1.64. The molecule has 124 valence electrons. The van der Waals surface area contributed by atoms with Crippen LogP contribution in [-0.2, 0) is 0 Å². The van der Waals surface area contributed by atoms with Crippen LogP contribution in [-0.4, -0.2) is 29.8 Å². The van der Waals surface area contributed by atoms with E-state index in [1.165, 1.54) is 6.07 Å². The van der Waals surface area contributed by atoms with Crippen LogP contribution in [0.4, 0.5) is 14.5 Å². The molecule has 0 aliphatic carbocycles. The Hall–Kier alpha value is -3.01. The Morgan fingerprint density at radius 1 is 1.29 bits per heavy atom. The van der Waals surface area contributed by atoms with Crippen LogP contribution in [0.3, 0.4) is 0 Å². The molecule has 0 unspecified atom stereocenters. The van der Waals surface area contributed by atoms with E-state index in [9.17, 15) is 14.0 Å². The molecule has 0 bridgehead atoms. The Kier molecular flexibility index (Phi) is 5.42. The normalized spacial score (nSPS) is 10.7. The number of ether oxygens (including phenoxy) is 1. The van der Waals surface area contributed by atoms with Gasteiger partial charge in [0.25, 0.3) is 0 Å². The summed E-state index contributed by atoms with van der Waals surface area (Å²) >= 11 is 0. The molecule has 0 radical (unpaired) electrons. The monoisotopic (exact) mass is 330 g/mol. The number of aliphatic imine (C=N–C) groups is 1. The van der Waals surface area contributed by atoms with Crippen LogP contribution in [0.2, 0.25) is 0 Å². The molecule has 0 aliphatic heterocycles. The third kappa shape index (κ3) is 4.26. The number of hydrogen-bond donors (Lipinski definition) is 0. The molecule has 5 nitrogen and oxygen atoms in total. The average molecular weight is 330 g/mol. The molecule has 1 aromatic heterocycles. The molecule has 24 heavy (non-hydrogen) atoms. The maximum Gasteiger partial charge on any atom is 0.237 e. The van der Waals surface area contributed by atoms with Gasteiger partial charge in [-0.15, -0.1) is 0 Å². The van der Waals surface area contributed by atoms with Gasteiger partial charge in [-0.3, -0.25) is 0 Å². The number of hydrogen-bond acceptors (Lipinski definition) is 4. The molecule has 1 aromatic carbocycles. The maximum atomic E-state index is 13.2. The minimum Gasteiger partial charge on any atom is -0.437 e. The first kappa shape index (κ1) is 17.3. The first-order valence-corrected chi connectivity index (χ1v) is 7.23. The zero-order valence-electron chi connectivity index (χ0n) is 13.5. The third-order valence-electron chi connectivity index (χ3n) is 3.22. The molecular formula is C17H16F2N4O. The number of rotatable bonds is 5. The molecule has 7 heteroatoms. The predicted octanol–water partition coefficient (Wildman–Crippen LogP) is 3.94. The zero-order chi connectivity index (χ0) is 17.7. The van der Waals surface area contributed by atoms with E-state index in [2.05, 4.69) is 9.98 Å². The zero-order valence-corrected chi connectivity index (χ0v) is 13.5. The lowest BCUT2D eigenvalue weighted by molar-refractivity contribution is 0.449. The van der Waals surface area contributed by atoms with Crippen molar-refractivity contribution in [1.82, 2.24) is 9.88 Å². The summed E-state index contributed by atoms with van der Waals surface area (Å²) in [6, 6.07) is 6.24. The van der Waals surface area contributed by atoms with Crippen molar-refractivity contribution in [3.05, 3.63) is 47.2 Å². The molecular weight excluding hydrogens is 314 g/mol. The van der Waals surface area contributed by atoms with E-state index in [0.29, 0.717) is 11.4 Å². The summed E-state index contributed by atoms with van der Waals surface area (Å²) < 4.78 is 31.8. The highest BCUT2D eigenvalue weighted by molar-refractivity contribution is 5.64. The van der Waals surface area contributed by atoms with E-state index in [4.69, 9.17) is 4.74 Å². The Morgan fingerprint density at radius 3 is 2.54 bits per heavy atom. The highest BCUT2D eigenvalue weighted by atomic mass is 19.1. The third-order valence-corrected chi connectivity index (χ3v) is 3.22. The molecule has 0 spiro atoms. The molecule has 0 saturated heterocycles. The molecule has 1 heterocycles. The minimum atomic E-state index is -0.774. The Labute approximate surface area is 138 Å². The Balaban J connectivity index is 2.36. The van der Waals surface area contributed by atoms with E-state index >= 15 is 0 Å². The van der Waals surface area contributed by atoms with Crippen LogP contribution >= 0.6 is 0 Å². The number of aromatic nitrogens is 1. The lowest BCUT2D eigenvalue weighted by Gasteiger charge is -2.11. The average Bonchev–Trinajstić information content (AvgIpc) is 2.52. The lowest BCUT2D eigenvalue weighted by Crippen LogP contribution is -2.14. The van der Waals surface area contributed by atoms with Crippen molar-refractivity contribution in [2.75, 3.05) is 13.6 Å². The molecule has 0 N–H and O–H groups in total. The van der Waals surface area contributed by atoms with Gasteiger partial charge in [0, 0.05) is 31.8 Å². The molecule has 0 atom stereocenters. The number of nitrogens with zero attached hydrogens (tertiary/aromatic N) is 4. The van der Waals surface area contributed by atoms with Crippen molar-refractivity contribution < 1.29 is 13.5 Å². The van der Waals surface area contributed by atoms with Crippen molar-refractivity contribution >= 4 is 12.0 Å². The summed E-state index contributed by atoms with van der Waals surface area (Å²) in [4.78, 5) is 10.3. The lowest BCUT2D eigenvalue weighted by atomic mass is 10.2. The minimum absolute atomic E-state index is 0.0252. The molecule has 0 aliphatic rings. The van der Waals surface area contributed by atoms with Crippen LogP contribution in [0, 0.1) is 29.9 Å². The van der Waals surface area contributed by atoms with Crippen molar-refractivity contribution in [3.63, 3.8) is 0 Å². The van der Waals surface area contributed by atoms with E-state index in [-0.39, 0.29) is 17.2 Å². The van der Waals surface area contributed by atoms with Crippen molar-refractivity contribution in [1.29, 1.82) is 5.26 Å². The largest absolute Gasteiger partial charge is 0.437 e. The summed E-state index contributed by atoms with van der Waals surface area (Å²) in [7, 11) is 1.87. The number of pyridine rings is 1. The molecule has 0 saturated carbocycles. The predicted molar refractivity (Wildman–Crippen MR) is 86.6 cm³/mol. The second kappa shape index (κ2) is 7.51. The number of halogens is 2. The van der Waals surface area contributed by atoms with Gasteiger partial charge in [0.1, 0.15) is 29.0 Å². The van der Waals surface area contributed by atoms with Gasteiger partial charge in [-0.2, -0.15) is 5.26 Å². The van der Waals surface area contributed by atoms with Crippen molar-refractivity contribution in [2.24, 2.45) is 4.99 Å². The van der Waals surface area contributed by atoms with Crippen LogP contribution in [0.25, 0.3) is 0 Å². The van der Waals surface area contributed by atoms with E-state index in [1.807, 2.05) is 24.9 Å². The fourth-order valence-corrected chi connectivity index (χ4v) is 1.80. The van der Waals surface area contributed by atoms with E-state index < -0.39 is 11.6 Å². The quantitative estimate of drug-likeness (QED) is 0.615. The van der Waals surface area contributed by atoms with E-state index in [1.54, 1.807) is 13.3 Å². The second-order valence-corrected chi connectivity index (χ2v) is 5.08. The molecule has 2 aromatic rings. The second-order valence-electron chi connectivity index (χ2n) is 5.08. The van der Waals surface area contributed by atoms with Gasteiger partial charge >= 0.3 is 0 Å². The summed E-state index contributed by atoms with van der Waals surface area (Å²) in [6.45, 7) is 4.47. The van der Waals surface area contributed by atoms with Crippen LogP contribution in [0.1, 0.15) is 18.2 Å². The van der Waals surface area contributed by atoms with Gasteiger partial charge in [-0.05, 0) is 19.9 Å². The van der Waals surface area contributed by atoms with E-state index in [0.717, 1.165) is 24.7 Å². The number of nitriles is 1. The van der Waals surface area contributed by atoms with Crippen molar-refractivity contribution in [2.45, 2.75) is 13.8 Å². The van der Waals surface area contributed by atoms with Gasteiger partial charge < -0.3 is 9.64 Å². The topological polar surface area (TPSA) is 61.5 Å². The highest BCUT2D eigenvalue weighted by Crippen LogP contribution is 2.29. The first-order chi connectivity index (χ1) is 11.4. The van der Waals surface area contributed by atoms with Gasteiger partial charge in [0.05, 0.1) is 17.7 Å². The fraction of sp³-hybridized carbons (Fsp3) is 0.235. The van der Waals surface area contributed by atoms with Crippen LogP contribution in [0.15, 0.2) is 29.3 Å². The summed E-state index contributed by atoms with van der Waals surface area (Å²) in [5.41, 5.74) is 1.17. The highest BCUT2D eigenvalue weighted by Gasteiger charge is 2.12. The van der Waals surface area contributed by atoms with Gasteiger partial charge in [-0.25, -0.2) is 18.8 Å². The molecule has 2 rings (SSSR count). The van der Waals surface area contributed by atoms with Crippen LogP contribution in [0.5, 0.6) is 11.6 Å². The standard InChI is InChI=1S/C17H16F2N4O/c1-4-23(3)10-21-16-5-12(9-20)17(22-11(16)2)24-15-7-13(18)6-14(19)8-15/h5-8,10H,4H2,1-3H3/b21-10+. The molecule has 0 fully saturated rings. The first-order valence-electron chi connectivity index (χ1n) is 7.23. The van der Waals surface area contributed by atoms with Crippen molar-refractivity contribution in [3.8, 4) is 17.7 Å². The summed E-state index contributed by atoms with van der Waals surface area (Å²) in [6.07, 6.45) is 1.63. The Morgan fingerprint density at radius 2 is 1.96 bits per heavy atom. The smallest absolute Gasteiger partial charge is 0.237 e. The number of benzene rings is 1. The SMILES string of the molecule is CCN(C)/C=N/c1cc(C#N)c(Oc2cc(F)cc(F)c2)nc1C. The molecule has 0 amide bonds. The van der Waals surface area contributed by atoms with Gasteiger partial charge in [0.2, 0.25) is 5.88 Å². The Bertz CT molecular complexity index is 795.